The number of aryl methyl sites for hydroxylation is 2. The van der Waals surface area contributed by atoms with E-state index in [1.54, 1.807) is 0 Å². The van der Waals surface area contributed by atoms with Crippen molar-refractivity contribution in [3.8, 4) is 11.1 Å². The third-order valence-corrected chi connectivity index (χ3v) is 4.23. The smallest absolute Gasteiger partial charge is 0.0568 e. The Bertz CT molecular complexity index is 565. The predicted octanol–water partition coefficient (Wildman–Crippen LogP) is 3.16. The quantitative estimate of drug-likeness (QED) is 0.865. The summed E-state index contributed by atoms with van der Waals surface area (Å²) in [5.41, 5.74) is 6.55. The van der Waals surface area contributed by atoms with E-state index >= 15 is 0 Å². The van der Waals surface area contributed by atoms with E-state index in [4.69, 9.17) is 0 Å². The zero-order chi connectivity index (χ0) is 13.2. The summed E-state index contributed by atoms with van der Waals surface area (Å²) in [5, 5.41) is 10.9. The lowest BCUT2D eigenvalue weighted by molar-refractivity contribution is 0.453. The van der Waals surface area contributed by atoms with Gasteiger partial charge in [0, 0.05) is 17.2 Å². The molecule has 0 atom stereocenters. The van der Waals surface area contributed by atoms with Crippen LogP contribution in [0, 0.1) is 13.8 Å². The van der Waals surface area contributed by atoms with Crippen LogP contribution in [0.1, 0.15) is 35.6 Å². The second-order valence-corrected chi connectivity index (χ2v) is 5.52. The number of piperidine rings is 1. The number of hydrogen-bond donors (Lipinski definition) is 2. The molecule has 0 bridgehead atoms. The van der Waals surface area contributed by atoms with E-state index < -0.39 is 0 Å². The average Bonchev–Trinajstić information content (AvgIpc) is 2.92. The van der Waals surface area contributed by atoms with Gasteiger partial charge in [-0.05, 0) is 56.5 Å². The summed E-state index contributed by atoms with van der Waals surface area (Å²) >= 11 is 0. The standard InChI is InChI=1S/C16H21N3/c1-11-3-4-14(9-12(11)2)15-10-18-19-16(15)13-5-7-17-8-6-13/h3-4,9-10,13,17H,5-8H2,1-2H3,(H,18,19). The molecular formula is C16H21N3. The lowest BCUT2D eigenvalue weighted by Crippen LogP contribution is -2.27. The molecule has 3 heteroatoms. The summed E-state index contributed by atoms with van der Waals surface area (Å²) in [6.45, 7) is 6.54. The number of benzene rings is 1. The van der Waals surface area contributed by atoms with E-state index in [9.17, 15) is 0 Å². The van der Waals surface area contributed by atoms with Crippen molar-refractivity contribution in [2.75, 3.05) is 13.1 Å². The van der Waals surface area contributed by atoms with Crippen molar-refractivity contribution in [2.24, 2.45) is 0 Å². The Hall–Kier alpha value is -1.61. The van der Waals surface area contributed by atoms with Gasteiger partial charge in [0.25, 0.3) is 0 Å². The van der Waals surface area contributed by atoms with Crippen molar-refractivity contribution in [3.63, 3.8) is 0 Å². The molecule has 3 rings (SSSR count). The SMILES string of the molecule is Cc1ccc(-c2cn[nH]c2C2CCNCC2)cc1C. The molecule has 2 N–H and O–H groups in total. The minimum Gasteiger partial charge on any atom is -0.317 e. The minimum absolute atomic E-state index is 0.611. The van der Waals surface area contributed by atoms with Gasteiger partial charge in [-0.25, -0.2) is 0 Å². The summed E-state index contributed by atoms with van der Waals surface area (Å²) in [4.78, 5) is 0. The van der Waals surface area contributed by atoms with Gasteiger partial charge in [0.1, 0.15) is 0 Å². The molecule has 1 aromatic carbocycles. The molecule has 0 saturated carbocycles. The highest BCUT2D eigenvalue weighted by Gasteiger charge is 2.20. The minimum atomic E-state index is 0.611. The normalized spacial score (nSPS) is 16.7. The molecule has 0 amide bonds. The highest BCUT2D eigenvalue weighted by Crippen LogP contribution is 2.32. The summed E-state index contributed by atoms with van der Waals surface area (Å²) in [6, 6.07) is 6.67. The van der Waals surface area contributed by atoms with Gasteiger partial charge in [-0.1, -0.05) is 18.2 Å². The van der Waals surface area contributed by atoms with Crippen LogP contribution in [0.2, 0.25) is 0 Å². The molecule has 1 aromatic heterocycles. The summed E-state index contributed by atoms with van der Waals surface area (Å²) < 4.78 is 0. The van der Waals surface area contributed by atoms with Crippen molar-refractivity contribution >= 4 is 0 Å². The molecule has 2 aromatic rings. The first kappa shape index (κ1) is 12.4. The zero-order valence-corrected chi connectivity index (χ0v) is 11.7. The van der Waals surface area contributed by atoms with Crippen LogP contribution in [-0.2, 0) is 0 Å². The van der Waals surface area contributed by atoms with Crippen LogP contribution in [0.4, 0.5) is 0 Å². The van der Waals surface area contributed by atoms with E-state index in [-0.39, 0.29) is 0 Å². The van der Waals surface area contributed by atoms with Crippen LogP contribution < -0.4 is 5.32 Å². The van der Waals surface area contributed by atoms with E-state index in [2.05, 4.69) is 47.6 Å². The highest BCUT2D eigenvalue weighted by molar-refractivity contribution is 5.67. The molecule has 1 aliphatic rings. The first-order valence-electron chi connectivity index (χ1n) is 7.07. The largest absolute Gasteiger partial charge is 0.317 e. The first-order chi connectivity index (χ1) is 9.25. The van der Waals surface area contributed by atoms with Gasteiger partial charge in [0.05, 0.1) is 6.20 Å². The van der Waals surface area contributed by atoms with Crippen molar-refractivity contribution < 1.29 is 0 Å². The number of aromatic nitrogens is 2. The van der Waals surface area contributed by atoms with E-state index in [0.717, 1.165) is 13.1 Å². The van der Waals surface area contributed by atoms with Crippen LogP contribution >= 0.6 is 0 Å². The first-order valence-corrected chi connectivity index (χ1v) is 7.07. The summed E-state index contributed by atoms with van der Waals surface area (Å²) in [7, 11) is 0. The van der Waals surface area contributed by atoms with Crippen LogP contribution in [0.25, 0.3) is 11.1 Å². The van der Waals surface area contributed by atoms with Crippen LogP contribution in [0.3, 0.4) is 0 Å². The van der Waals surface area contributed by atoms with Gasteiger partial charge in [-0.3, -0.25) is 5.10 Å². The molecular weight excluding hydrogens is 234 g/mol. The Kier molecular flexibility index (Phi) is 3.38. The highest BCUT2D eigenvalue weighted by atomic mass is 15.1. The van der Waals surface area contributed by atoms with Crippen molar-refractivity contribution in [3.05, 3.63) is 41.2 Å². The Morgan fingerprint density at radius 3 is 2.63 bits per heavy atom. The average molecular weight is 255 g/mol. The van der Waals surface area contributed by atoms with Gasteiger partial charge < -0.3 is 5.32 Å². The van der Waals surface area contributed by atoms with Crippen LogP contribution in [0.15, 0.2) is 24.4 Å². The number of rotatable bonds is 2. The fourth-order valence-corrected chi connectivity index (χ4v) is 2.86. The molecule has 1 fully saturated rings. The second-order valence-electron chi connectivity index (χ2n) is 5.52. The molecule has 0 aliphatic carbocycles. The predicted molar refractivity (Wildman–Crippen MR) is 78.3 cm³/mol. The summed E-state index contributed by atoms with van der Waals surface area (Å²) in [5.74, 6) is 0.611. The fourth-order valence-electron chi connectivity index (χ4n) is 2.86. The molecule has 1 saturated heterocycles. The molecule has 2 heterocycles. The molecule has 0 spiro atoms. The Morgan fingerprint density at radius 1 is 1.11 bits per heavy atom. The molecule has 100 valence electrons. The van der Waals surface area contributed by atoms with E-state index in [1.807, 2.05) is 6.20 Å². The van der Waals surface area contributed by atoms with Gasteiger partial charge in [0.2, 0.25) is 0 Å². The van der Waals surface area contributed by atoms with Gasteiger partial charge in [-0.15, -0.1) is 0 Å². The molecule has 1 aliphatic heterocycles. The van der Waals surface area contributed by atoms with Crippen molar-refractivity contribution in [2.45, 2.75) is 32.6 Å². The fraction of sp³-hybridized carbons (Fsp3) is 0.438. The number of aromatic amines is 1. The second kappa shape index (κ2) is 5.17. The lowest BCUT2D eigenvalue weighted by atomic mass is 9.90. The van der Waals surface area contributed by atoms with E-state index in [1.165, 1.54) is 40.8 Å². The van der Waals surface area contributed by atoms with Gasteiger partial charge in [0.15, 0.2) is 0 Å². The van der Waals surface area contributed by atoms with Gasteiger partial charge >= 0.3 is 0 Å². The third-order valence-electron chi connectivity index (χ3n) is 4.23. The molecule has 0 unspecified atom stereocenters. The van der Waals surface area contributed by atoms with Gasteiger partial charge in [-0.2, -0.15) is 5.10 Å². The lowest BCUT2D eigenvalue weighted by Gasteiger charge is -2.22. The molecule has 19 heavy (non-hydrogen) atoms. The monoisotopic (exact) mass is 255 g/mol. The molecule has 0 radical (unpaired) electrons. The maximum Gasteiger partial charge on any atom is 0.0568 e. The maximum atomic E-state index is 4.28. The Morgan fingerprint density at radius 2 is 1.89 bits per heavy atom. The van der Waals surface area contributed by atoms with E-state index in [0.29, 0.717) is 5.92 Å². The molecule has 3 nitrogen and oxygen atoms in total. The zero-order valence-electron chi connectivity index (χ0n) is 11.7. The number of H-pyrrole nitrogens is 1. The van der Waals surface area contributed by atoms with Crippen molar-refractivity contribution in [1.29, 1.82) is 0 Å². The third kappa shape index (κ3) is 2.43. The maximum absolute atomic E-state index is 4.28. The Balaban J connectivity index is 1.96. The topological polar surface area (TPSA) is 40.7 Å². The van der Waals surface area contributed by atoms with Crippen molar-refractivity contribution in [1.82, 2.24) is 15.5 Å². The number of nitrogens with zero attached hydrogens (tertiary/aromatic N) is 1. The summed E-state index contributed by atoms with van der Waals surface area (Å²) in [6.07, 6.45) is 4.36. The van der Waals surface area contributed by atoms with Crippen LogP contribution in [0.5, 0.6) is 0 Å². The number of hydrogen-bond acceptors (Lipinski definition) is 2. The Labute approximate surface area is 114 Å². The number of nitrogens with one attached hydrogen (secondary N) is 2. The van der Waals surface area contributed by atoms with Crippen LogP contribution in [-0.4, -0.2) is 23.3 Å².